The van der Waals surface area contributed by atoms with Gasteiger partial charge in [-0.3, -0.25) is 4.90 Å². The van der Waals surface area contributed by atoms with Gasteiger partial charge in [-0.15, -0.1) is 0 Å². The molecule has 4 heteroatoms. The first-order valence-electron chi connectivity index (χ1n) is 5.26. The molecule has 0 aromatic heterocycles. The van der Waals surface area contributed by atoms with Crippen molar-refractivity contribution in [1.29, 1.82) is 0 Å². The first-order chi connectivity index (χ1) is 6.62. The van der Waals surface area contributed by atoms with E-state index in [-0.39, 0.29) is 18.1 Å². The van der Waals surface area contributed by atoms with E-state index in [0.717, 1.165) is 26.3 Å². The quantitative estimate of drug-likeness (QED) is 0.655. The van der Waals surface area contributed by atoms with Crippen LogP contribution in [0.2, 0.25) is 0 Å². The predicted molar refractivity (Wildman–Crippen MR) is 56.1 cm³/mol. The Kier molecular flexibility index (Phi) is 4.31. The summed E-state index contributed by atoms with van der Waals surface area (Å²) in [6, 6.07) is 0. The van der Waals surface area contributed by atoms with Crippen LogP contribution in [0.25, 0.3) is 0 Å². The topological polar surface area (TPSA) is 58.7 Å². The summed E-state index contributed by atoms with van der Waals surface area (Å²) in [5.74, 6) is 0.139. The molecule has 0 radical (unpaired) electrons. The number of aliphatic hydroxyl groups excluding tert-OH is 1. The predicted octanol–water partition coefficient (Wildman–Crippen LogP) is -0.336. The minimum Gasteiger partial charge on any atom is -0.396 e. The third-order valence-corrected chi connectivity index (χ3v) is 3.33. The summed E-state index contributed by atoms with van der Waals surface area (Å²) in [6.07, 6.45) is 0. The maximum Gasteiger partial charge on any atom is 0.0594 e. The molecule has 1 atom stereocenters. The Morgan fingerprint density at radius 2 is 2.00 bits per heavy atom. The Hall–Kier alpha value is -0.160. The van der Waals surface area contributed by atoms with Gasteiger partial charge in [0.25, 0.3) is 0 Å². The number of nitrogens with two attached hydrogens (primary N) is 1. The number of hydrogen-bond acceptors (Lipinski definition) is 4. The lowest BCUT2D eigenvalue weighted by atomic mass is 9.86. The van der Waals surface area contributed by atoms with Crippen molar-refractivity contribution in [3.63, 3.8) is 0 Å². The van der Waals surface area contributed by atoms with Gasteiger partial charge < -0.3 is 15.6 Å². The van der Waals surface area contributed by atoms with Crippen molar-refractivity contribution in [3.8, 4) is 0 Å². The zero-order valence-electron chi connectivity index (χ0n) is 9.20. The van der Waals surface area contributed by atoms with E-state index >= 15 is 0 Å². The molecule has 0 bridgehead atoms. The molecule has 1 aliphatic heterocycles. The molecule has 14 heavy (non-hydrogen) atoms. The fourth-order valence-electron chi connectivity index (χ4n) is 1.98. The Morgan fingerprint density at radius 3 is 2.43 bits per heavy atom. The monoisotopic (exact) mass is 202 g/mol. The van der Waals surface area contributed by atoms with E-state index in [2.05, 4.69) is 18.7 Å². The first-order valence-corrected chi connectivity index (χ1v) is 5.26. The van der Waals surface area contributed by atoms with Crippen molar-refractivity contribution in [2.45, 2.75) is 19.4 Å². The molecule has 1 heterocycles. The second kappa shape index (κ2) is 5.07. The zero-order valence-corrected chi connectivity index (χ0v) is 9.20. The lowest BCUT2D eigenvalue weighted by molar-refractivity contribution is -0.0395. The molecule has 0 unspecified atom stereocenters. The minimum atomic E-state index is -0.0344. The number of nitrogens with zero attached hydrogens (tertiary/aromatic N) is 1. The highest BCUT2D eigenvalue weighted by atomic mass is 16.5. The molecule has 0 spiro atoms. The number of ether oxygens (including phenoxy) is 1. The van der Waals surface area contributed by atoms with Crippen LogP contribution in [0.15, 0.2) is 0 Å². The molecular formula is C10H22N2O2. The number of morpholine rings is 1. The van der Waals surface area contributed by atoms with Gasteiger partial charge >= 0.3 is 0 Å². The summed E-state index contributed by atoms with van der Waals surface area (Å²) in [5, 5.41) is 9.25. The van der Waals surface area contributed by atoms with Gasteiger partial charge in [0.2, 0.25) is 0 Å². The van der Waals surface area contributed by atoms with Crippen LogP contribution in [0.4, 0.5) is 0 Å². The molecule has 1 fully saturated rings. The van der Waals surface area contributed by atoms with E-state index in [9.17, 15) is 5.11 Å². The molecule has 1 aliphatic rings. The lowest BCUT2D eigenvalue weighted by Gasteiger charge is -2.45. The molecule has 0 aromatic rings. The molecule has 0 saturated carbocycles. The third-order valence-electron chi connectivity index (χ3n) is 3.33. The summed E-state index contributed by atoms with van der Waals surface area (Å²) >= 11 is 0. The zero-order chi connectivity index (χ0) is 10.6. The molecule has 0 aliphatic carbocycles. The summed E-state index contributed by atoms with van der Waals surface area (Å²) in [4.78, 5) is 2.35. The van der Waals surface area contributed by atoms with Crippen LogP contribution in [-0.4, -0.2) is 55.0 Å². The third kappa shape index (κ3) is 2.45. The molecule has 1 rings (SSSR count). The average molecular weight is 202 g/mol. The van der Waals surface area contributed by atoms with Gasteiger partial charge in [-0.2, -0.15) is 0 Å². The van der Waals surface area contributed by atoms with Crippen molar-refractivity contribution >= 4 is 0 Å². The number of aliphatic hydroxyl groups is 1. The van der Waals surface area contributed by atoms with Crippen LogP contribution in [0.1, 0.15) is 13.8 Å². The van der Waals surface area contributed by atoms with E-state index < -0.39 is 0 Å². The van der Waals surface area contributed by atoms with Crippen LogP contribution >= 0.6 is 0 Å². The van der Waals surface area contributed by atoms with Gasteiger partial charge in [0, 0.05) is 31.2 Å². The summed E-state index contributed by atoms with van der Waals surface area (Å²) in [6.45, 7) is 8.41. The Morgan fingerprint density at radius 1 is 1.43 bits per heavy atom. The standard InChI is InChI=1S/C10H22N2O2/c1-10(2,9(7-11)8-13)12-3-5-14-6-4-12/h9,13H,3-8,11H2,1-2H3/t9-/m1/s1. The minimum absolute atomic E-state index is 0.0344. The molecular weight excluding hydrogens is 180 g/mol. The van der Waals surface area contributed by atoms with E-state index in [1.54, 1.807) is 0 Å². The van der Waals surface area contributed by atoms with Gasteiger partial charge in [-0.1, -0.05) is 0 Å². The molecule has 4 nitrogen and oxygen atoms in total. The highest BCUT2D eigenvalue weighted by Gasteiger charge is 2.34. The summed E-state index contributed by atoms with van der Waals surface area (Å²) in [5.41, 5.74) is 5.62. The lowest BCUT2D eigenvalue weighted by Crippen LogP contribution is -2.56. The van der Waals surface area contributed by atoms with Gasteiger partial charge in [-0.25, -0.2) is 0 Å². The highest BCUT2D eigenvalue weighted by molar-refractivity contribution is 4.89. The maximum atomic E-state index is 9.25. The van der Waals surface area contributed by atoms with Gasteiger partial charge in [0.05, 0.1) is 13.2 Å². The average Bonchev–Trinajstić information content (AvgIpc) is 2.20. The van der Waals surface area contributed by atoms with Crippen molar-refractivity contribution < 1.29 is 9.84 Å². The molecule has 3 N–H and O–H groups in total. The van der Waals surface area contributed by atoms with E-state index in [4.69, 9.17) is 10.5 Å². The van der Waals surface area contributed by atoms with Crippen LogP contribution in [0.5, 0.6) is 0 Å². The van der Waals surface area contributed by atoms with Gasteiger partial charge in [-0.05, 0) is 20.4 Å². The molecule has 0 amide bonds. The SMILES string of the molecule is CC(C)([C@H](CN)CO)N1CCOCC1. The first kappa shape index (κ1) is 11.9. The van der Waals surface area contributed by atoms with E-state index in [1.807, 2.05) is 0 Å². The Labute approximate surface area is 86.0 Å². The van der Waals surface area contributed by atoms with Crippen LogP contribution in [0, 0.1) is 5.92 Å². The Balaban J connectivity index is 2.60. The van der Waals surface area contributed by atoms with E-state index in [1.165, 1.54) is 0 Å². The van der Waals surface area contributed by atoms with Gasteiger partial charge in [0.1, 0.15) is 0 Å². The van der Waals surface area contributed by atoms with Crippen LogP contribution < -0.4 is 5.73 Å². The van der Waals surface area contributed by atoms with Crippen molar-refractivity contribution in [1.82, 2.24) is 4.90 Å². The van der Waals surface area contributed by atoms with Crippen molar-refractivity contribution in [3.05, 3.63) is 0 Å². The molecule has 1 saturated heterocycles. The van der Waals surface area contributed by atoms with Crippen molar-refractivity contribution in [2.24, 2.45) is 11.7 Å². The van der Waals surface area contributed by atoms with Crippen molar-refractivity contribution in [2.75, 3.05) is 39.5 Å². The van der Waals surface area contributed by atoms with Gasteiger partial charge in [0.15, 0.2) is 0 Å². The number of hydrogen-bond donors (Lipinski definition) is 2. The van der Waals surface area contributed by atoms with E-state index in [0.29, 0.717) is 6.54 Å². The maximum absolute atomic E-state index is 9.25. The second-order valence-electron chi connectivity index (χ2n) is 4.37. The normalized spacial score (nSPS) is 22.3. The number of rotatable bonds is 4. The largest absolute Gasteiger partial charge is 0.396 e. The van der Waals surface area contributed by atoms with Crippen LogP contribution in [-0.2, 0) is 4.74 Å². The summed E-state index contributed by atoms with van der Waals surface area (Å²) < 4.78 is 5.31. The smallest absolute Gasteiger partial charge is 0.0594 e. The molecule has 84 valence electrons. The second-order valence-corrected chi connectivity index (χ2v) is 4.37. The summed E-state index contributed by atoms with van der Waals surface area (Å²) in [7, 11) is 0. The molecule has 0 aromatic carbocycles. The van der Waals surface area contributed by atoms with Crippen LogP contribution in [0.3, 0.4) is 0 Å². The fourth-order valence-corrected chi connectivity index (χ4v) is 1.98. The highest BCUT2D eigenvalue weighted by Crippen LogP contribution is 2.24. The fraction of sp³-hybridized carbons (Fsp3) is 1.00. The Bertz CT molecular complexity index is 164.